The van der Waals surface area contributed by atoms with E-state index in [4.69, 9.17) is 9.97 Å². The van der Waals surface area contributed by atoms with Crippen molar-refractivity contribution in [3.63, 3.8) is 0 Å². The van der Waals surface area contributed by atoms with Crippen molar-refractivity contribution < 1.29 is 0 Å². The fraction of sp³-hybridized carbons (Fsp3) is 0.0333. The predicted molar refractivity (Wildman–Crippen MR) is 260 cm³/mol. The molecule has 0 fully saturated rings. The third-order valence-corrected chi connectivity index (χ3v) is 12.2. The summed E-state index contributed by atoms with van der Waals surface area (Å²) in [6.07, 6.45) is 1.67. The lowest BCUT2D eigenvalue weighted by molar-refractivity contribution is 1.17. The van der Waals surface area contributed by atoms with Gasteiger partial charge in [0.2, 0.25) is 0 Å². The first-order valence-corrected chi connectivity index (χ1v) is 21.4. The lowest BCUT2D eigenvalue weighted by Crippen LogP contribution is -2.00. The standard InChI is InChI=1S/C60H42N2/c1-3-17-41(18-4-1)37-46-24-10-12-28-50(46)59-48(38-42-19-5-2-6-20-42)26-16-32-55(59)53-35-36-56(52-30-14-13-29-51(52)53)60-61-57(47-34-33-43-21-7-8-23-45(43)39-47)40-58(62-60)54-31-15-25-44-22-9-11-27-49(44)54/h1-36,39-40H,37-38H2. The molecule has 0 bridgehead atoms. The van der Waals surface area contributed by atoms with Gasteiger partial charge in [0.15, 0.2) is 5.82 Å². The van der Waals surface area contributed by atoms with Crippen molar-refractivity contribution in [3.05, 3.63) is 253 Å². The Hall–Kier alpha value is -7.94. The highest BCUT2D eigenvalue weighted by Crippen LogP contribution is 2.43. The van der Waals surface area contributed by atoms with Crippen LogP contribution in [0.5, 0.6) is 0 Å². The largest absolute Gasteiger partial charge is 0.228 e. The molecule has 11 rings (SSSR count). The van der Waals surface area contributed by atoms with E-state index in [1.807, 2.05) is 0 Å². The maximum Gasteiger partial charge on any atom is 0.161 e. The van der Waals surface area contributed by atoms with Crippen LogP contribution >= 0.6 is 0 Å². The normalized spacial score (nSPS) is 11.4. The monoisotopic (exact) mass is 790 g/mol. The molecular weight excluding hydrogens is 749 g/mol. The first-order valence-electron chi connectivity index (χ1n) is 21.4. The van der Waals surface area contributed by atoms with Crippen LogP contribution < -0.4 is 0 Å². The van der Waals surface area contributed by atoms with Crippen molar-refractivity contribution in [2.24, 2.45) is 0 Å². The number of aromatic nitrogens is 2. The summed E-state index contributed by atoms with van der Waals surface area (Å²) in [6, 6.07) is 83.1. The zero-order valence-electron chi connectivity index (χ0n) is 34.2. The zero-order valence-corrected chi connectivity index (χ0v) is 34.2. The van der Waals surface area contributed by atoms with E-state index in [2.05, 4.69) is 231 Å². The van der Waals surface area contributed by atoms with Crippen LogP contribution in [-0.2, 0) is 12.8 Å². The molecule has 0 N–H and O–H groups in total. The molecule has 1 heterocycles. The van der Waals surface area contributed by atoms with Crippen LogP contribution in [0.25, 0.3) is 88.5 Å². The van der Waals surface area contributed by atoms with Crippen molar-refractivity contribution in [1.29, 1.82) is 0 Å². The fourth-order valence-electron chi connectivity index (χ4n) is 9.22. The number of benzene rings is 10. The summed E-state index contributed by atoms with van der Waals surface area (Å²) in [6.45, 7) is 0. The molecule has 0 unspecified atom stereocenters. The molecule has 0 aliphatic rings. The summed E-state index contributed by atoms with van der Waals surface area (Å²) in [5.41, 5.74) is 15.1. The summed E-state index contributed by atoms with van der Waals surface area (Å²) >= 11 is 0. The van der Waals surface area contributed by atoms with E-state index in [9.17, 15) is 0 Å². The van der Waals surface area contributed by atoms with Gasteiger partial charge in [-0.15, -0.1) is 0 Å². The number of rotatable bonds is 9. The minimum atomic E-state index is 0.701. The average molecular weight is 791 g/mol. The molecule has 11 aromatic rings. The first-order chi connectivity index (χ1) is 30.7. The molecule has 0 aliphatic carbocycles. The fourth-order valence-corrected chi connectivity index (χ4v) is 9.22. The van der Waals surface area contributed by atoms with E-state index in [0.29, 0.717) is 5.82 Å². The maximum absolute atomic E-state index is 5.43. The predicted octanol–water partition coefficient (Wildman–Crippen LogP) is 15.5. The van der Waals surface area contributed by atoms with E-state index < -0.39 is 0 Å². The van der Waals surface area contributed by atoms with Gasteiger partial charge in [-0.05, 0) is 108 Å². The zero-order chi connectivity index (χ0) is 41.2. The van der Waals surface area contributed by atoms with Crippen LogP contribution in [0, 0.1) is 0 Å². The molecule has 0 radical (unpaired) electrons. The summed E-state index contributed by atoms with van der Waals surface area (Å²) < 4.78 is 0. The average Bonchev–Trinajstić information content (AvgIpc) is 3.34. The smallest absolute Gasteiger partial charge is 0.161 e. The molecule has 292 valence electrons. The second-order valence-corrected chi connectivity index (χ2v) is 16.1. The van der Waals surface area contributed by atoms with E-state index in [-0.39, 0.29) is 0 Å². The molecule has 62 heavy (non-hydrogen) atoms. The summed E-state index contributed by atoms with van der Waals surface area (Å²) in [5, 5.41) is 7.01. The lowest BCUT2D eigenvalue weighted by Gasteiger charge is -2.21. The van der Waals surface area contributed by atoms with Gasteiger partial charge in [0.25, 0.3) is 0 Å². The van der Waals surface area contributed by atoms with Crippen molar-refractivity contribution in [2.45, 2.75) is 12.8 Å². The molecule has 1 aromatic heterocycles. The highest BCUT2D eigenvalue weighted by Gasteiger charge is 2.21. The second kappa shape index (κ2) is 16.3. The van der Waals surface area contributed by atoms with Crippen molar-refractivity contribution >= 4 is 32.3 Å². The molecular formula is C60H42N2. The second-order valence-electron chi connectivity index (χ2n) is 16.1. The van der Waals surface area contributed by atoms with Gasteiger partial charge in [-0.3, -0.25) is 0 Å². The number of nitrogens with zero attached hydrogens (tertiary/aromatic N) is 2. The summed E-state index contributed by atoms with van der Waals surface area (Å²) in [5.74, 6) is 0.701. The van der Waals surface area contributed by atoms with Gasteiger partial charge in [0.05, 0.1) is 11.4 Å². The number of hydrogen-bond donors (Lipinski definition) is 0. The van der Waals surface area contributed by atoms with Gasteiger partial charge in [0.1, 0.15) is 0 Å². The van der Waals surface area contributed by atoms with E-state index in [1.54, 1.807) is 0 Å². The van der Waals surface area contributed by atoms with Crippen LogP contribution in [0.3, 0.4) is 0 Å². The topological polar surface area (TPSA) is 25.8 Å². The third-order valence-electron chi connectivity index (χ3n) is 12.2. The summed E-state index contributed by atoms with van der Waals surface area (Å²) in [7, 11) is 0. The van der Waals surface area contributed by atoms with Crippen LogP contribution in [0.1, 0.15) is 22.3 Å². The van der Waals surface area contributed by atoms with Gasteiger partial charge in [-0.25, -0.2) is 9.97 Å². The van der Waals surface area contributed by atoms with Crippen LogP contribution in [0.4, 0.5) is 0 Å². The number of hydrogen-bond acceptors (Lipinski definition) is 2. The van der Waals surface area contributed by atoms with Crippen LogP contribution in [0.2, 0.25) is 0 Å². The van der Waals surface area contributed by atoms with Crippen molar-refractivity contribution in [1.82, 2.24) is 9.97 Å². The molecule has 0 saturated carbocycles. The minimum absolute atomic E-state index is 0.701. The molecule has 0 aliphatic heterocycles. The maximum atomic E-state index is 5.43. The Morgan fingerprint density at radius 1 is 0.290 bits per heavy atom. The Kier molecular flexibility index (Phi) is 9.72. The Morgan fingerprint density at radius 3 is 1.61 bits per heavy atom. The van der Waals surface area contributed by atoms with E-state index >= 15 is 0 Å². The highest BCUT2D eigenvalue weighted by atomic mass is 14.9. The quantitative estimate of drug-likeness (QED) is 0.146. The molecule has 2 nitrogen and oxygen atoms in total. The SMILES string of the molecule is c1ccc(Cc2ccccc2-c2c(Cc3ccccc3)cccc2-c2ccc(-c3nc(-c4ccc5ccccc5c4)cc(-c4cccc5ccccc45)n3)c3ccccc23)cc1. The van der Waals surface area contributed by atoms with Crippen molar-refractivity contribution in [3.8, 4) is 56.2 Å². The third kappa shape index (κ3) is 7.12. The van der Waals surface area contributed by atoms with Gasteiger partial charge in [-0.1, -0.05) is 212 Å². The Bertz CT molecular complexity index is 3400. The Balaban J connectivity index is 1.12. The summed E-state index contributed by atoms with van der Waals surface area (Å²) in [4.78, 5) is 10.8. The molecule has 2 heteroatoms. The van der Waals surface area contributed by atoms with Gasteiger partial charge >= 0.3 is 0 Å². The van der Waals surface area contributed by atoms with Gasteiger partial charge < -0.3 is 0 Å². The van der Waals surface area contributed by atoms with Gasteiger partial charge in [-0.2, -0.15) is 0 Å². The Morgan fingerprint density at radius 2 is 0.823 bits per heavy atom. The number of fused-ring (bicyclic) bond motifs is 3. The van der Waals surface area contributed by atoms with E-state index in [0.717, 1.165) is 51.7 Å². The molecule has 0 spiro atoms. The van der Waals surface area contributed by atoms with Crippen LogP contribution in [0.15, 0.2) is 231 Å². The van der Waals surface area contributed by atoms with Crippen molar-refractivity contribution in [2.75, 3.05) is 0 Å². The van der Waals surface area contributed by atoms with E-state index in [1.165, 1.54) is 66.1 Å². The van der Waals surface area contributed by atoms with Gasteiger partial charge in [0, 0.05) is 16.7 Å². The lowest BCUT2D eigenvalue weighted by atomic mass is 9.83. The first kappa shape index (κ1) is 37.1. The molecule has 10 aromatic carbocycles. The highest BCUT2D eigenvalue weighted by molar-refractivity contribution is 6.07. The minimum Gasteiger partial charge on any atom is -0.228 e. The molecule has 0 atom stereocenters. The Labute approximate surface area is 362 Å². The van der Waals surface area contributed by atoms with Crippen LogP contribution in [-0.4, -0.2) is 9.97 Å². The molecule has 0 amide bonds. The molecule has 0 saturated heterocycles.